The molecule has 0 saturated carbocycles. The molecule has 1 heterocycles. The third-order valence-corrected chi connectivity index (χ3v) is 3.53. The molecule has 0 saturated heterocycles. The number of hydrogen-bond donors (Lipinski definition) is 4. The van der Waals surface area contributed by atoms with Gasteiger partial charge in [-0.2, -0.15) is 0 Å². The van der Waals surface area contributed by atoms with E-state index in [1.54, 1.807) is 30.3 Å². The number of carboxylic acids is 1. The van der Waals surface area contributed by atoms with Gasteiger partial charge in [-0.25, -0.2) is 14.8 Å². The van der Waals surface area contributed by atoms with E-state index in [1.165, 1.54) is 25.4 Å². The van der Waals surface area contributed by atoms with Crippen molar-refractivity contribution in [2.24, 2.45) is 0 Å². The van der Waals surface area contributed by atoms with Crippen LogP contribution < -0.4 is 16.0 Å². The Morgan fingerprint density at radius 2 is 1.48 bits per heavy atom. The molecule has 2 aromatic carbocycles. The Bertz CT molecular complexity index is 973. The topological polar surface area (TPSA) is 116 Å². The van der Waals surface area contributed by atoms with Gasteiger partial charge in [-0.05, 0) is 42.5 Å². The molecule has 1 aromatic heterocycles. The Labute approximate surface area is 155 Å². The lowest BCUT2D eigenvalue weighted by molar-refractivity contribution is -0.114. The summed E-state index contributed by atoms with van der Waals surface area (Å²) >= 11 is 0. The van der Waals surface area contributed by atoms with Gasteiger partial charge in [0.25, 0.3) is 0 Å². The van der Waals surface area contributed by atoms with Crippen molar-refractivity contribution in [3.8, 4) is 0 Å². The van der Waals surface area contributed by atoms with Gasteiger partial charge in [-0.1, -0.05) is 6.07 Å². The van der Waals surface area contributed by atoms with Crippen molar-refractivity contribution in [1.29, 1.82) is 0 Å². The van der Waals surface area contributed by atoms with Crippen molar-refractivity contribution in [2.45, 2.75) is 6.92 Å². The van der Waals surface area contributed by atoms with E-state index in [0.29, 0.717) is 23.0 Å². The maximum Gasteiger partial charge on any atom is 0.335 e. The summed E-state index contributed by atoms with van der Waals surface area (Å²) in [4.78, 5) is 30.4. The van der Waals surface area contributed by atoms with E-state index < -0.39 is 5.97 Å². The summed E-state index contributed by atoms with van der Waals surface area (Å²) in [5, 5.41) is 18.0. The fraction of sp³-hybridized carbons (Fsp3) is 0.0526. The number of benzene rings is 2. The molecule has 8 nitrogen and oxygen atoms in total. The minimum atomic E-state index is -0.994. The predicted molar refractivity (Wildman–Crippen MR) is 103 cm³/mol. The zero-order valence-corrected chi connectivity index (χ0v) is 14.4. The summed E-state index contributed by atoms with van der Waals surface area (Å²) in [7, 11) is 0. The first-order chi connectivity index (χ1) is 13.0. The van der Waals surface area contributed by atoms with E-state index in [-0.39, 0.29) is 11.5 Å². The number of rotatable bonds is 6. The first kappa shape index (κ1) is 17.9. The number of hydrogen-bond acceptors (Lipinski definition) is 6. The lowest BCUT2D eigenvalue weighted by Gasteiger charge is -2.10. The van der Waals surface area contributed by atoms with E-state index in [0.717, 1.165) is 5.69 Å². The normalized spacial score (nSPS) is 10.1. The fourth-order valence-electron chi connectivity index (χ4n) is 2.36. The molecular formula is C19H17N5O3. The summed E-state index contributed by atoms with van der Waals surface area (Å²) in [6, 6.07) is 15.3. The van der Waals surface area contributed by atoms with Crippen molar-refractivity contribution in [1.82, 2.24) is 9.97 Å². The zero-order valence-electron chi connectivity index (χ0n) is 14.4. The molecule has 0 fully saturated rings. The third kappa shape index (κ3) is 5.02. The lowest BCUT2D eigenvalue weighted by atomic mass is 10.2. The summed E-state index contributed by atoms with van der Waals surface area (Å²) in [5.74, 6) is -0.0420. The van der Waals surface area contributed by atoms with Gasteiger partial charge in [0.1, 0.15) is 18.0 Å². The van der Waals surface area contributed by atoms with Gasteiger partial charge in [0.05, 0.1) is 5.56 Å². The molecule has 136 valence electrons. The molecule has 0 atom stereocenters. The first-order valence-electron chi connectivity index (χ1n) is 8.07. The van der Waals surface area contributed by atoms with E-state index in [4.69, 9.17) is 5.11 Å². The van der Waals surface area contributed by atoms with Crippen molar-refractivity contribution >= 4 is 40.6 Å². The SMILES string of the molecule is CC(=O)Nc1ccc(Nc2cc(Nc3cccc(C(=O)O)c3)ncn2)cc1. The average Bonchev–Trinajstić information content (AvgIpc) is 2.63. The van der Waals surface area contributed by atoms with Crippen molar-refractivity contribution < 1.29 is 14.7 Å². The maximum absolute atomic E-state index is 11.1. The Morgan fingerprint density at radius 3 is 2.11 bits per heavy atom. The van der Waals surface area contributed by atoms with Crippen molar-refractivity contribution in [3.63, 3.8) is 0 Å². The Morgan fingerprint density at radius 1 is 0.852 bits per heavy atom. The molecule has 0 bridgehead atoms. The van der Waals surface area contributed by atoms with Crippen LogP contribution in [0.1, 0.15) is 17.3 Å². The number of anilines is 5. The van der Waals surface area contributed by atoms with Crippen LogP contribution in [0.5, 0.6) is 0 Å². The molecule has 4 N–H and O–H groups in total. The number of aromatic carboxylic acids is 1. The van der Waals surface area contributed by atoms with Crippen LogP contribution in [0.2, 0.25) is 0 Å². The van der Waals surface area contributed by atoms with Gasteiger partial charge in [-0.3, -0.25) is 4.79 Å². The minimum absolute atomic E-state index is 0.130. The third-order valence-electron chi connectivity index (χ3n) is 3.53. The average molecular weight is 363 g/mol. The van der Waals surface area contributed by atoms with Crippen molar-refractivity contribution in [2.75, 3.05) is 16.0 Å². The summed E-state index contributed by atoms with van der Waals surface area (Å²) < 4.78 is 0. The Hall–Kier alpha value is -3.94. The highest BCUT2D eigenvalue weighted by molar-refractivity contribution is 5.89. The molecule has 3 aromatic rings. The largest absolute Gasteiger partial charge is 0.478 e. The van der Waals surface area contributed by atoms with Crippen LogP contribution in [0, 0.1) is 0 Å². The lowest BCUT2D eigenvalue weighted by Crippen LogP contribution is -2.05. The smallest absolute Gasteiger partial charge is 0.335 e. The van der Waals surface area contributed by atoms with E-state index >= 15 is 0 Å². The molecule has 27 heavy (non-hydrogen) atoms. The highest BCUT2D eigenvalue weighted by atomic mass is 16.4. The van der Waals surface area contributed by atoms with Crippen LogP contribution in [0.15, 0.2) is 60.9 Å². The van der Waals surface area contributed by atoms with Gasteiger partial charge in [-0.15, -0.1) is 0 Å². The van der Waals surface area contributed by atoms with Gasteiger partial charge in [0, 0.05) is 30.1 Å². The number of amides is 1. The van der Waals surface area contributed by atoms with Crippen LogP contribution in [0.3, 0.4) is 0 Å². The van der Waals surface area contributed by atoms with Crippen LogP contribution >= 0.6 is 0 Å². The van der Waals surface area contributed by atoms with Crippen LogP contribution in [0.25, 0.3) is 0 Å². The maximum atomic E-state index is 11.1. The van der Waals surface area contributed by atoms with Gasteiger partial charge in [0.15, 0.2) is 0 Å². The second-order valence-electron chi connectivity index (χ2n) is 5.68. The summed E-state index contributed by atoms with van der Waals surface area (Å²) in [6.07, 6.45) is 1.40. The highest BCUT2D eigenvalue weighted by Gasteiger charge is 2.05. The number of carbonyl (C=O) groups excluding carboxylic acids is 1. The molecule has 0 radical (unpaired) electrons. The van der Waals surface area contributed by atoms with Crippen LogP contribution in [-0.2, 0) is 4.79 Å². The number of nitrogens with zero attached hydrogens (tertiary/aromatic N) is 2. The molecule has 3 rings (SSSR count). The summed E-state index contributed by atoms with van der Waals surface area (Å²) in [6.45, 7) is 1.45. The first-order valence-corrected chi connectivity index (χ1v) is 8.07. The van der Waals surface area contributed by atoms with E-state index in [2.05, 4.69) is 25.9 Å². The van der Waals surface area contributed by atoms with Crippen molar-refractivity contribution in [3.05, 3.63) is 66.5 Å². The molecule has 0 spiro atoms. The second-order valence-corrected chi connectivity index (χ2v) is 5.68. The monoisotopic (exact) mass is 363 g/mol. The zero-order chi connectivity index (χ0) is 19.2. The van der Waals surface area contributed by atoms with Gasteiger partial charge in [0.2, 0.25) is 5.91 Å². The summed E-state index contributed by atoms with van der Waals surface area (Å²) in [5.41, 5.74) is 2.30. The van der Waals surface area contributed by atoms with E-state index in [1.807, 2.05) is 12.1 Å². The van der Waals surface area contributed by atoms with Crippen LogP contribution in [-0.4, -0.2) is 27.0 Å². The molecule has 0 aliphatic carbocycles. The Balaban J connectivity index is 1.71. The molecule has 8 heteroatoms. The molecule has 1 amide bonds. The number of carbonyl (C=O) groups is 2. The predicted octanol–water partition coefficient (Wildman–Crippen LogP) is 3.62. The Kier molecular flexibility index (Phi) is 5.27. The standard InChI is InChI=1S/C19H17N5O3/c1-12(25)22-14-5-7-15(8-6-14)23-17-10-18(21-11-20-17)24-16-4-2-3-13(9-16)19(26)27/h2-11H,1H3,(H,22,25)(H,26,27)(H2,20,21,23,24). The highest BCUT2D eigenvalue weighted by Crippen LogP contribution is 2.21. The molecular weight excluding hydrogens is 346 g/mol. The molecule has 0 unspecified atom stereocenters. The molecule has 0 aliphatic heterocycles. The number of carboxylic acid groups (broad SMARTS) is 1. The minimum Gasteiger partial charge on any atom is -0.478 e. The van der Waals surface area contributed by atoms with Crippen LogP contribution in [0.4, 0.5) is 28.7 Å². The quantitative estimate of drug-likeness (QED) is 0.528. The number of aromatic nitrogens is 2. The molecule has 0 aliphatic rings. The fourth-order valence-corrected chi connectivity index (χ4v) is 2.36. The second kappa shape index (κ2) is 7.96. The number of nitrogens with one attached hydrogen (secondary N) is 3. The van der Waals surface area contributed by atoms with Gasteiger partial charge < -0.3 is 21.1 Å². The van der Waals surface area contributed by atoms with Gasteiger partial charge >= 0.3 is 5.97 Å². The van der Waals surface area contributed by atoms with E-state index in [9.17, 15) is 9.59 Å².